The summed E-state index contributed by atoms with van der Waals surface area (Å²) in [5, 5.41) is 2.87. The van der Waals surface area contributed by atoms with Crippen LogP contribution in [-0.4, -0.2) is 86.4 Å². The maximum atomic E-state index is 12.6. The minimum absolute atomic E-state index is 0.120. The molecule has 0 spiro atoms. The number of carbonyl (C=O) groups is 1. The Kier molecular flexibility index (Phi) is 9.30. The van der Waals surface area contributed by atoms with Crippen molar-refractivity contribution in [2.24, 2.45) is 0 Å². The zero-order chi connectivity index (χ0) is 20.5. The van der Waals surface area contributed by atoms with Gasteiger partial charge in [-0.05, 0) is 25.0 Å². The fourth-order valence-corrected chi connectivity index (χ4v) is 6.26. The predicted octanol–water partition coefficient (Wildman–Crippen LogP) is 2.76. The lowest BCUT2D eigenvalue weighted by Gasteiger charge is -2.37. The zero-order valence-electron chi connectivity index (χ0n) is 17.4. The molecule has 29 heavy (non-hydrogen) atoms. The molecule has 2 fully saturated rings. The summed E-state index contributed by atoms with van der Waals surface area (Å²) < 4.78 is 16.7. The van der Waals surface area contributed by atoms with E-state index in [4.69, 9.17) is 14.2 Å². The van der Waals surface area contributed by atoms with Crippen molar-refractivity contribution in [3.8, 4) is 11.5 Å². The van der Waals surface area contributed by atoms with Crippen LogP contribution in [0.4, 0.5) is 0 Å². The molecule has 0 unspecified atom stereocenters. The number of thioether (sulfide) groups is 2. The summed E-state index contributed by atoms with van der Waals surface area (Å²) in [6.07, 6.45) is 2.08. The van der Waals surface area contributed by atoms with Crippen LogP contribution in [0.3, 0.4) is 0 Å². The summed E-state index contributed by atoms with van der Waals surface area (Å²) in [4.78, 5) is 15.2. The van der Waals surface area contributed by atoms with Crippen molar-refractivity contribution in [1.82, 2.24) is 10.2 Å². The van der Waals surface area contributed by atoms with Gasteiger partial charge in [0.2, 0.25) is 0 Å². The van der Waals surface area contributed by atoms with Crippen LogP contribution in [0.5, 0.6) is 11.5 Å². The van der Waals surface area contributed by atoms with E-state index in [0.717, 1.165) is 25.9 Å². The van der Waals surface area contributed by atoms with E-state index in [1.807, 2.05) is 6.07 Å². The van der Waals surface area contributed by atoms with Crippen molar-refractivity contribution in [3.05, 3.63) is 23.8 Å². The summed E-state index contributed by atoms with van der Waals surface area (Å²) in [5.74, 6) is 6.15. The topological polar surface area (TPSA) is 60.0 Å². The first-order valence-corrected chi connectivity index (χ1v) is 12.5. The van der Waals surface area contributed by atoms with Gasteiger partial charge in [0, 0.05) is 61.9 Å². The highest BCUT2D eigenvalue weighted by Crippen LogP contribution is 2.29. The molecule has 2 aliphatic heterocycles. The van der Waals surface area contributed by atoms with Crippen molar-refractivity contribution in [1.29, 1.82) is 0 Å². The third-order valence-corrected chi connectivity index (χ3v) is 7.79. The number of piperidine rings is 1. The number of amides is 1. The van der Waals surface area contributed by atoms with E-state index in [-0.39, 0.29) is 12.0 Å². The normalized spacial score (nSPS) is 19.5. The molecule has 1 aromatic carbocycles. The van der Waals surface area contributed by atoms with Gasteiger partial charge in [0.15, 0.2) is 0 Å². The van der Waals surface area contributed by atoms with Gasteiger partial charge in [-0.25, -0.2) is 0 Å². The summed E-state index contributed by atoms with van der Waals surface area (Å²) in [6, 6.07) is 6.05. The first-order chi connectivity index (χ1) is 14.2. The van der Waals surface area contributed by atoms with Crippen LogP contribution in [0.15, 0.2) is 18.2 Å². The quantitative estimate of drug-likeness (QED) is 0.624. The molecule has 8 heteroatoms. The summed E-state index contributed by atoms with van der Waals surface area (Å²) in [6.45, 7) is 3.05. The number of methoxy groups -OCH3 is 2. The average molecular weight is 441 g/mol. The molecule has 0 aromatic heterocycles. The Bertz CT molecular complexity index is 646. The molecule has 0 radical (unpaired) electrons. The lowest BCUT2D eigenvalue weighted by Crippen LogP contribution is -2.46. The smallest absolute Gasteiger partial charge is 0.255 e. The number of likely N-dealkylation sites (tertiary alicyclic amines) is 1. The molecular formula is C21H32N2O4S2. The number of nitrogens with one attached hydrogen (secondary N) is 1. The maximum absolute atomic E-state index is 12.6. The molecule has 2 saturated heterocycles. The van der Waals surface area contributed by atoms with E-state index in [1.54, 1.807) is 26.4 Å². The second-order valence-electron chi connectivity index (χ2n) is 7.27. The SMILES string of the molecule is COCCNC(=O)c1ccc(OC)cc1OC1CCN(C2CSCCSC2)CC1. The largest absolute Gasteiger partial charge is 0.497 e. The minimum Gasteiger partial charge on any atom is -0.497 e. The third-order valence-electron chi connectivity index (χ3n) is 5.30. The highest BCUT2D eigenvalue weighted by Gasteiger charge is 2.28. The monoisotopic (exact) mass is 440 g/mol. The number of hydrogen-bond acceptors (Lipinski definition) is 7. The van der Waals surface area contributed by atoms with E-state index >= 15 is 0 Å². The zero-order valence-corrected chi connectivity index (χ0v) is 19.0. The van der Waals surface area contributed by atoms with Crippen LogP contribution >= 0.6 is 23.5 Å². The highest BCUT2D eigenvalue weighted by atomic mass is 32.2. The highest BCUT2D eigenvalue weighted by molar-refractivity contribution is 8.03. The lowest BCUT2D eigenvalue weighted by molar-refractivity contribution is 0.0826. The van der Waals surface area contributed by atoms with Crippen LogP contribution in [0.25, 0.3) is 0 Å². The van der Waals surface area contributed by atoms with Crippen LogP contribution in [0, 0.1) is 0 Å². The Morgan fingerprint density at radius 1 is 1.17 bits per heavy atom. The third kappa shape index (κ3) is 6.70. The van der Waals surface area contributed by atoms with E-state index in [0.29, 0.717) is 36.3 Å². The summed E-state index contributed by atoms with van der Waals surface area (Å²) in [5.41, 5.74) is 0.543. The molecule has 0 saturated carbocycles. The van der Waals surface area contributed by atoms with Gasteiger partial charge in [0.1, 0.15) is 17.6 Å². The molecule has 1 N–H and O–H groups in total. The molecule has 3 rings (SSSR count). The van der Waals surface area contributed by atoms with Gasteiger partial charge in [-0.3, -0.25) is 9.69 Å². The molecule has 6 nitrogen and oxygen atoms in total. The van der Waals surface area contributed by atoms with Crippen LogP contribution < -0.4 is 14.8 Å². The van der Waals surface area contributed by atoms with Crippen molar-refractivity contribution < 1.29 is 19.0 Å². The Labute approximate surface area is 182 Å². The van der Waals surface area contributed by atoms with Crippen LogP contribution in [0.1, 0.15) is 23.2 Å². The van der Waals surface area contributed by atoms with Crippen molar-refractivity contribution in [2.45, 2.75) is 25.0 Å². The summed E-state index contributed by atoms with van der Waals surface area (Å²) in [7, 11) is 3.24. The molecule has 0 atom stereocenters. The molecule has 162 valence electrons. The van der Waals surface area contributed by atoms with Gasteiger partial charge in [-0.1, -0.05) is 0 Å². The number of rotatable bonds is 8. The van der Waals surface area contributed by atoms with Gasteiger partial charge in [0.25, 0.3) is 5.91 Å². The van der Waals surface area contributed by atoms with Crippen molar-refractivity contribution >= 4 is 29.4 Å². The van der Waals surface area contributed by atoms with Gasteiger partial charge < -0.3 is 19.5 Å². The number of nitrogens with zero attached hydrogens (tertiary/aromatic N) is 1. The molecule has 0 bridgehead atoms. The number of benzene rings is 1. The Balaban J connectivity index is 1.59. The Morgan fingerprint density at radius 2 is 1.90 bits per heavy atom. The van der Waals surface area contributed by atoms with E-state index < -0.39 is 0 Å². The first kappa shape index (κ1) is 22.6. The van der Waals surface area contributed by atoms with Gasteiger partial charge in [-0.15, -0.1) is 0 Å². The van der Waals surface area contributed by atoms with Gasteiger partial charge >= 0.3 is 0 Å². The number of hydrogen-bond donors (Lipinski definition) is 1. The second-order valence-corrected chi connectivity index (χ2v) is 9.57. The maximum Gasteiger partial charge on any atom is 0.255 e. The fourth-order valence-electron chi connectivity index (χ4n) is 3.63. The number of carbonyl (C=O) groups excluding carboxylic acids is 1. The van der Waals surface area contributed by atoms with Crippen molar-refractivity contribution in [3.63, 3.8) is 0 Å². The van der Waals surface area contributed by atoms with Gasteiger partial charge in [0.05, 0.1) is 19.3 Å². The second kappa shape index (κ2) is 11.9. The minimum atomic E-state index is -0.148. The van der Waals surface area contributed by atoms with E-state index in [2.05, 4.69) is 33.7 Å². The lowest BCUT2D eigenvalue weighted by atomic mass is 10.1. The van der Waals surface area contributed by atoms with Crippen LogP contribution in [0.2, 0.25) is 0 Å². The molecule has 1 aromatic rings. The molecule has 1 amide bonds. The van der Waals surface area contributed by atoms with Crippen molar-refractivity contribution in [2.75, 3.05) is 63.5 Å². The first-order valence-electron chi connectivity index (χ1n) is 10.2. The Morgan fingerprint density at radius 3 is 2.55 bits per heavy atom. The fraction of sp³-hybridized carbons (Fsp3) is 0.667. The predicted molar refractivity (Wildman–Crippen MR) is 121 cm³/mol. The van der Waals surface area contributed by atoms with Gasteiger partial charge in [-0.2, -0.15) is 23.5 Å². The standard InChI is InChI=1S/C21H32N2O4S2/c1-25-10-7-22-21(24)19-4-3-18(26-2)13-20(19)27-17-5-8-23(9-6-17)16-14-28-11-12-29-15-16/h3-4,13,16-17H,5-12,14-15H2,1-2H3,(H,22,24). The Hall–Kier alpha value is -1.09. The molecular weight excluding hydrogens is 408 g/mol. The molecule has 2 aliphatic rings. The summed E-state index contributed by atoms with van der Waals surface area (Å²) >= 11 is 4.15. The molecule has 0 aliphatic carbocycles. The van der Waals surface area contributed by atoms with E-state index in [1.165, 1.54) is 23.0 Å². The molecule has 2 heterocycles. The average Bonchev–Trinajstić information content (AvgIpc) is 3.04. The van der Waals surface area contributed by atoms with E-state index in [9.17, 15) is 4.79 Å². The number of ether oxygens (including phenoxy) is 3. The van der Waals surface area contributed by atoms with Crippen LogP contribution in [-0.2, 0) is 4.74 Å².